The van der Waals surface area contributed by atoms with Crippen molar-refractivity contribution >= 4 is 12.6 Å². The van der Waals surface area contributed by atoms with Crippen molar-refractivity contribution in [2.75, 3.05) is 0 Å². The molecule has 2 nitrogen and oxygen atoms in total. The molecule has 6 rings (SSSR count). The standard InChI is InChI=1S/C31H7BF16O2/c33-9-3-1-2-7-6-8-13(12(7)9)19(37)24(42)23(41)16(8)32(49-11-5-4-10(34)17(35)18(11)36)50-31-15(22(40)27(45)29(47)30(31)48)14-20(38)25(43)28(46)26(44)21(14)39/h1-5H,6H2. The zero-order valence-corrected chi connectivity index (χ0v) is 23.5. The van der Waals surface area contributed by atoms with E-state index in [9.17, 15) is 48.3 Å². The van der Waals surface area contributed by atoms with E-state index < -0.39 is 151 Å². The van der Waals surface area contributed by atoms with Crippen molar-refractivity contribution in [3.05, 3.63) is 135 Å². The van der Waals surface area contributed by atoms with E-state index in [1.165, 1.54) is 0 Å². The number of benzene rings is 5. The Morgan fingerprint density at radius 1 is 0.400 bits per heavy atom. The minimum absolute atomic E-state index is 0.153. The van der Waals surface area contributed by atoms with Crippen LogP contribution in [0.4, 0.5) is 70.2 Å². The number of halogens is 16. The molecule has 19 heteroatoms. The SMILES string of the molecule is Fc1ccc(OB(Oc2c(F)c(F)c(F)c(F)c2-c2c(F)c(F)c(F)c(F)c2F)c2c(F)c(F)c(F)c3c2Cc2cccc(F)c2-3)c(F)c1F. The predicted molar refractivity (Wildman–Crippen MR) is 139 cm³/mol. The summed E-state index contributed by atoms with van der Waals surface area (Å²) in [4.78, 5) is 0. The van der Waals surface area contributed by atoms with Gasteiger partial charge in [-0.25, -0.2) is 61.5 Å². The summed E-state index contributed by atoms with van der Waals surface area (Å²) < 4.78 is 245. The quantitative estimate of drug-likeness (QED) is 0.0739. The third kappa shape index (κ3) is 5.00. The van der Waals surface area contributed by atoms with E-state index >= 15 is 22.0 Å². The van der Waals surface area contributed by atoms with Gasteiger partial charge in [0, 0.05) is 11.1 Å². The van der Waals surface area contributed by atoms with Crippen LogP contribution in [0.2, 0.25) is 0 Å². The smallest absolute Gasteiger partial charge is 0.520 e. The molecule has 0 aromatic heterocycles. The van der Waals surface area contributed by atoms with E-state index in [1.54, 1.807) is 0 Å². The van der Waals surface area contributed by atoms with Gasteiger partial charge in [-0.05, 0) is 35.7 Å². The molecule has 0 fully saturated rings. The van der Waals surface area contributed by atoms with Gasteiger partial charge in [0.1, 0.15) is 11.6 Å². The molecule has 0 N–H and O–H groups in total. The summed E-state index contributed by atoms with van der Waals surface area (Å²) in [5.74, 6) is -44.9. The van der Waals surface area contributed by atoms with Crippen LogP contribution in [-0.2, 0) is 6.42 Å². The van der Waals surface area contributed by atoms with Gasteiger partial charge in [-0.2, -0.15) is 8.78 Å². The number of rotatable bonds is 6. The first-order valence-corrected chi connectivity index (χ1v) is 13.3. The van der Waals surface area contributed by atoms with Gasteiger partial charge in [-0.1, -0.05) is 12.1 Å². The van der Waals surface area contributed by atoms with E-state index in [1.807, 2.05) is 0 Å². The van der Waals surface area contributed by atoms with Crippen LogP contribution >= 0.6 is 0 Å². The lowest BCUT2D eigenvalue weighted by Gasteiger charge is -2.23. The maximum atomic E-state index is 15.7. The van der Waals surface area contributed by atoms with Crippen LogP contribution in [-0.4, -0.2) is 7.12 Å². The Kier molecular flexibility index (Phi) is 8.42. The van der Waals surface area contributed by atoms with Gasteiger partial charge in [-0.3, -0.25) is 0 Å². The van der Waals surface area contributed by atoms with Crippen LogP contribution in [0.15, 0.2) is 30.3 Å². The number of hydrogen-bond acceptors (Lipinski definition) is 2. The average Bonchev–Trinajstić information content (AvgIpc) is 3.48. The molecule has 1 aliphatic carbocycles. The second-order valence-electron chi connectivity index (χ2n) is 10.3. The van der Waals surface area contributed by atoms with Crippen LogP contribution < -0.4 is 14.8 Å². The van der Waals surface area contributed by atoms with Crippen molar-refractivity contribution in [2.45, 2.75) is 6.42 Å². The first kappa shape index (κ1) is 34.5. The molecule has 50 heavy (non-hydrogen) atoms. The summed E-state index contributed by atoms with van der Waals surface area (Å²) in [5, 5.41) is 0. The van der Waals surface area contributed by atoms with Crippen LogP contribution in [0.1, 0.15) is 11.1 Å². The summed E-state index contributed by atoms with van der Waals surface area (Å²) in [6.07, 6.45) is -0.811. The fourth-order valence-electron chi connectivity index (χ4n) is 5.33. The second-order valence-corrected chi connectivity index (χ2v) is 10.3. The van der Waals surface area contributed by atoms with Crippen molar-refractivity contribution in [3.8, 4) is 33.8 Å². The van der Waals surface area contributed by atoms with Gasteiger partial charge in [0.15, 0.2) is 69.7 Å². The lowest BCUT2D eigenvalue weighted by Crippen LogP contribution is -2.47. The highest BCUT2D eigenvalue weighted by Crippen LogP contribution is 2.44. The highest BCUT2D eigenvalue weighted by molar-refractivity contribution is 6.63. The summed E-state index contributed by atoms with van der Waals surface area (Å²) in [6, 6.07) is 3.28. The van der Waals surface area contributed by atoms with Crippen LogP contribution in [0.25, 0.3) is 22.3 Å². The van der Waals surface area contributed by atoms with Crippen molar-refractivity contribution < 1.29 is 79.6 Å². The summed E-state index contributed by atoms with van der Waals surface area (Å²) in [5.41, 5.74) is -9.45. The zero-order chi connectivity index (χ0) is 36.7. The molecule has 0 spiro atoms. The largest absolute Gasteiger partial charge is 0.636 e. The normalized spacial score (nSPS) is 11.9. The minimum Gasteiger partial charge on any atom is -0.520 e. The highest BCUT2D eigenvalue weighted by atomic mass is 19.2. The summed E-state index contributed by atoms with van der Waals surface area (Å²) in [6.45, 7) is 0. The van der Waals surface area contributed by atoms with Gasteiger partial charge >= 0.3 is 7.12 Å². The molecule has 0 unspecified atom stereocenters. The Morgan fingerprint density at radius 3 is 1.54 bits per heavy atom. The highest BCUT2D eigenvalue weighted by Gasteiger charge is 2.44. The van der Waals surface area contributed by atoms with Gasteiger partial charge in [0.05, 0.1) is 16.6 Å². The molecule has 0 bridgehead atoms. The van der Waals surface area contributed by atoms with Crippen LogP contribution in [0.3, 0.4) is 0 Å². The second kappa shape index (κ2) is 12.2. The molecular formula is C31H7BF16O2. The van der Waals surface area contributed by atoms with Gasteiger partial charge < -0.3 is 9.31 Å². The van der Waals surface area contributed by atoms with Gasteiger partial charge in [0.2, 0.25) is 23.3 Å². The van der Waals surface area contributed by atoms with E-state index in [-0.39, 0.29) is 17.7 Å². The Hall–Kier alpha value is -5.36. The van der Waals surface area contributed by atoms with Crippen molar-refractivity contribution in [1.82, 2.24) is 0 Å². The topological polar surface area (TPSA) is 18.5 Å². The molecule has 1 aliphatic rings. The molecule has 258 valence electrons. The van der Waals surface area contributed by atoms with Crippen molar-refractivity contribution in [1.29, 1.82) is 0 Å². The molecule has 0 saturated carbocycles. The Balaban J connectivity index is 1.69. The third-order valence-electron chi connectivity index (χ3n) is 7.56. The third-order valence-corrected chi connectivity index (χ3v) is 7.56. The van der Waals surface area contributed by atoms with Crippen LogP contribution in [0, 0.1) is 93.1 Å². The minimum atomic E-state index is -3.30. The fraction of sp³-hybridized carbons (Fsp3) is 0.0323. The van der Waals surface area contributed by atoms with Gasteiger partial charge in [-0.15, -0.1) is 0 Å². The number of hydrogen-bond donors (Lipinski definition) is 0. The predicted octanol–water partition coefficient (Wildman–Crippen LogP) is 9.00. The molecule has 0 atom stereocenters. The van der Waals surface area contributed by atoms with E-state index in [2.05, 4.69) is 0 Å². The number of fused-ring (bicyclic) bond motifs is 3. The van der Waals surface area contributed by atoms with E-state index in [4.69, 9.17) is 9.31 Å². The molecular weight excluding hydrogens is 719 g/mol. The molecule has 5 aromatic carbocycles. The molecule has 0 heterocycles. The molecule has 5 aromatic rings. The molecule has 0 radical (unpaired) electrons. The lowest BCUT2D eigenvalue weighted by atomic mass is 9.73. The first-order chi connectivity index (χ1) is 23.5. The molecule has 0 aliphatic heterocycles. The van der Waals surface area contributed by atoms with Gasteiger partial charge in [0.25, 0.3) is 0 Å². The maximum absolute atomic E-state index is 15.7. The Morgan fingerprint density at radius 2 is 0.920 bits per heavy atom. The Bertz CT molecular complexity index is 2270. The zero-order valence-electron chi connectivity index (χ0n) is 23.5. The average molecular weight is 726 g/mol. The summed E-state index contributed by atoms with van der Waals surface area (Å²) in [7, 11) is -3.30. The van der Waals surface area contributed by atoms with Crippen LogP contribution in [0.5, 0.6) is 11.5 Å². The monoisotopic (exact) mass is 726 g/mol. The maximum Gasteiger partial charge on any atom is 0.636 e. The molecule has 0 amide bonds. The van der Waals surface area contributed by atoms with Crippen molar-refractivity contribution in [3.63, 3.8) is 0 Å². The van der Waals surface area contributed by atoms with E-state index in [0.29, 0.717) is 0 Å². The van der Waals surface area contributed by atoms with E-state index in [0.717, 1.165) is 18.2 Å². The van der Waals surface area contributed by atoms with Crippen molar-refractivity contribution in [2.24, 2.45) is 0 Å². The lowest BCUT2D eigenvalue weighted by molar-refractivity contribution is 0.358. The summed E-state index contributed by atoms with van der Waals surface area (Å²) >= 11 is 0. The molecule has 0 saturated heterocycles. The fourth-order valence-corrected chi connectivity index (χ4v) is 5.33. The Labute approximate surface area is 267 Å². The first-order valence-electron chi connectivity index (χ1n) is 13.3.